The Morgan fingerprint density at radius 3 is 2.35 bits per heavy atom. The topological polar surface area (TPSA) is 41.5 Å². The third kappa shape index (κ3) is 4.17. The highest BCUT2D eigenvalue weighted by atomic mass is 35.5. The Kier molecular flexibility index (Phi) is 5.72. The van der Waals surface area contributed by atoms with Gasteiger partial charge < -0.3 is 14.5 Å². The highest BCUT2D eigenvalue weighted by Crippen LogP contribution is 2.34. The van der Waals surface area contributed by atoms with Crippen molar-refractivity contribution in [2.24, 2.45) is 0 Å². The van der Waals surface area contributed by atoms with E-state index in [4.69, 9.17) is 32.9 Å². The number of benzene rings is 2. The van der Waals surface area contributed by atoms with Crippen LogP contribution in [-0.4, -0.2) is 53.3 Å². The first-order chi connectivity index (χ1) is 16.5. The average Bonchev–Trinajstić information content (AvgIpc) is 2.84. The molecule has 3 unspecified atom stereocenters. The number of fused-ring (bicyclic) bond motifs is 3. The van der Waals surface area contributed by atoms with E-state index in [9.17, 15) is 0 Å². The lowest BCUT2D eigenvalue weighted by molar-refractivity contribution is -0.0851. The van der Waals surface area contributed by atoms with Crippen LogP contribution in [0.2, 0.25) is 10.0 Å². The molecule has 0 spiro atoms. The van der Waals surface area contributed by atoms with Crippen molar-refractivity contribution in [1.29, 1.82) is 0 Å². The number of ether oxygens (including phenoxy) is 1. The van der Waals surface area contributed by atoms with Crippen molar-refractivity contribution >= 4 is 40.1 Å². The zero-order valence-corrected chi connectivity index (χ0v) is 20.4. The monoisotopic (exact) mass is 491 g/mol. The Morgan fingerprint density at radius 1 is 0.941 bits per heavy atom. The van der Waals surface area contributed by atoms with Crippen molar-refractivity contribution in [2.75, 3.05) is 31.1 Å². The van der Waals surface area contributed by atoms with E-state index in [2.05, 4.69) is 64.2 Å². The Hall–Kier alpha value is -2.60. The van der Waals surface area contributed by atoms with Crippen LogP contribution >= 0.6 is 23.2 Å². The molecule has 173 valence electrons. The van der Waals surface area contributed by atoms with Gasteiger partial charge in [0.15, 0.2) is 0 Å². The molecule has 1 radical (unpaired) electrons. The number of morpholine rings is 2. The number of rotatable bonds is 3. The highest BCUT2D eigenvalue weighted by Gasteiger charge is 2.37. The Morgan fingerprint density at radius 2 is 1.62 bits per heavy atom. The summed E-state index contributed by atoms with van der Waals surface area (Å²) in [6, 6.07) is 14.2. The lowest BCUT2D eigenvalue weighted by Gasteiger charge is -2.48. The molecule has 0 amide bonds. The van der Waals surface area contributed by atoms with E-state index in [1.54, 1.807) is 12.1 Å². The van der Waals surface area contributed by atoms with Gasteiger partial charge >= 0.3 is 0 Å². The second kappa shape index (κ2) is 8.88. The van der Waals surface area contributed by atoms with Crippen LogP contribution in [0.15, 0.2) is 66.0 Å². The quantitative estimate of drug-likeness (QED) is 0.473. The SMILES string of the molecule is CC1=CCC(c2ccccc2)[C]=C1N1CC2CN(c3cnc4cc(Cl)c(Cl)cc4n3)CC(C1)O2. The standard InChI is InChI=1S/C27H25Cl2N4O/c1-17-7-8-19(18-5-3-2-4-6-18)9-26(17)32-13-20-15-33(16-21(14-32)34-20)27-12-30-24-10-22(28)23(29)11-25(24)31-27/h2-7,10-12,19-21H,8,13-16H2,1H3. The van der Waals surface area contributed by atoms with Crippen LogP contribution in [0.3, 0.4) is 0 Å². The minimum atomic E-state index is 0.0954. The normalized spacial score (nSPS) is 24.7. The summed E-state index contributed by atoms with van der Waals surface area (Å²) in [4.78, 5) is 14.1. The molecule has 34 heavy (non-hydrogen) atoms. The van der Waals surface area contributed by atoms with Crippen LogP contribution in [0, 0.1) is 6.08 Å². The summed E-state index contributed by atoms with van der Waals surface area (Å²) in [5, 5.41) is 0.981. The van der Waals surface area contributed by atoms with Crippen LogP contribution in [0.25, 0.3) is 11.0 Å². The van der Waals surface area contributed by atoms with Gasteiger partial charge in [-0.05, 0) is 42.7 Å². The third-order valence-electron chi connectivity index (χ3n) is 6.84. The van der Waals surface area contributed by atoms with Gasteiger partial charge in [0.2, 0.25) is 0 Å². The van der Waals surface area contributed by atoms with E-state index in [1.807, 2.05) is 6.20 Å². The van der Waals surface area contributed by atoms with Gasteiger partial charge in [-0.15, -0.1) is 0 Å². The first kappa shape index (κ1) is 21.9. The molecule has 2 fully saturated rings. The number of nitrogens with zero attached hydrogens (tertiary/aromatic N) is 4. The van der Waals surface area contributed by atoms with Crippen molar-refractivity contribution in [2.45, 2.75) is 31.5 Å². The van der Waals surface area contributed by atoms with E-state index in [0.29, 0.717) is 16.0 Å². The molecule has 3 atom stereocenters. The van der Waals surface area contributed by atoms with Crippen LogP contribution in [0.4, 0.5) is 5.82 Å². The van der Waals surface area contributed by atoms with Crippen molar-refractivity contribution in [3.8, 4) is 0 Å². The van der Waals surface area contributed by atoms with Gasteiger partial charge in [-0.2, -0.15) is 0 Å². The number of hydrogen-bond donors (Lipinski definition) is 0. The Bertz CT molecular complexity index is 1280. The molecule has 2 aliphatic heterocycles. The molecule has 2 aromatic carbocycles. The predicted octanol–water partition coefficient (Wildman–Crippen LogP) is 5.65. The fourth-order valence-electron chi connectivity index (χ4n) is 5.19. The summed E-state index contributed by atoms with van der Waals surface area (Å²) in [7, 11) is 0. The second-order valence-corrected chi connectivity index (χ2v) is 10.1. The maximum Gasteiger partial charge on any atom is 0.148 e. The molecule has 3 aliphatic rings. The van der Waals surface area contributed by atoms with Crippen LogP contribution in [-0.2, 0) is 4.74 Å². The van der Waals surface area contributed by atoms with Gasteiger partial charge in [0, 0.05) is 37.8 Å². The van der Waals surface area contributed by atoms with Gasteiger partial charge in [-0.25, -0.2) is 4.98 Å². The molecular weight excluding hydrogens is 467 g/mol. The fraction of sp³-hybridized carbons (Fsp3) is 0.333. The summed E-state index contributed by atoms with van der Waals surface area (Å²) < 4.78 is 6.33. The number of anilines is 1. The molecule has 0 saturated carbocycles. The Labute approximate surface area is 209 Å². The number of allylic oxidation sites excluding steroid dienone is 3. The molecule has 0 N–H and O–H groups in total. The molecule has 2 bridgehead atoms. The van der Waals surface area contributed by atoms with Crippen LogP contribution in [0.1, 0.15) is 24.8 Å². The number of halogens is 2. The first-order valence-corrected chi connectivity index (χ1v) is 12.4. The van der Waals surface area contributed by atoms with Gasteiger partial charge in [-0.3, -0.25) is 4.98 Å². The van der Waals surface area contributed by atoms with Gasteiger partial charge in [0.25, 0.3) is 0 Å². The summed E-state index contributed by atoms with van der Waals surface area (Å²) >= 11 is 12.3. The minimum absolute atomic E-state index is 0.0954. The highest BCUT2D eigenvalue weighted by molar-refractivity contribution is 6.42. The van der Waals surface area contributed by atoms with Gasteiger partial charge in [-0.1, -0.05) is 59.6 Å². The smallest absolute Gasteiger partial charge is 0.148 e. The van der Waals surface area contributed by atoms with Crippen molar-refractivity contribution in [1.82, 2.24) is 14.9 Å². The van der Waals surface area contributed by atoms with E-state index in [1.165, 1.54) is 16.8 Å². The van der Waals surface area contributed by atoms with Gasteiger partial charge in [0.05, 0.1) is 39.5 Å². The van der Waals surface area contributed by atoms with E-state index in [-0.39, 0.29) is 12.2 Å². The molecule has 6 rings (SSSR count). The second-order valence-electron chi connectivity index (χ2n) is 9.25. The molecule has 1 aromatic heterocycles. The van der Waals surface area contributed by atoms with Gasteiger partial charge in [0.1, 0.15) is 5.82 Å². The number of hydrogen-bond acceptors (Lipinski definition) is 5. The maximum atomic E-state index is 6.33. The van der Waals surface area contributed by atoms with E-state index >= 15 is 0 Å². The molecule has 7 heteroatoms. The molecular formula is C27H25Cl2N4O. The van der Waals surface area contributed by atoms with Crippen molar-refractivity contribution in [3.05, 3.63) is 87.7 Å². The molecule has 5 nitrogen and oxygen atoms in total. The summed E-state index contributed by atoms with van der Waals surface area (Å²) in [6.07, 6.45) is 9.17. The first-order valence-electron chi connectivity index (χ1n) is 11.7. The van der Waals surface area contributed by atoms with E-state index < -0.39 is 0 Å². The molecule has 3 aromatic rings. The van der Waals surface area contributed by atoms with Crippen molar-refractivity contribution < 1.29 is 4.74 Å². The fourth-order valence-corrected chi connectivity index (χ4v) is 5.50. The lowest BCUT2D eigenvalue weighted by Crippen LogP contribution is -2.59. The zero-order chi connectivity index (χ0) is 23.2. The van der Waals surface area contributed by atoms with E-state index in [0.717, 1.165) is 49.5 Å². The molecule has 3 heterocycles. The van der Waals surface area contributed by atoms with Crippen LogP contribution < -0.4 is 4.90 Å². The maximum absolute atomic E-state index is 6.33. The third-order valence-corrected chi connectivity index (χ3v) is 7.56. The van der Waals surface area contributed by atoms with Crippen LogP contribution in [0.5, 0.6) is 0 Å². The summed E-state index contributed by atoms with van der Waals surface area (Å²) in [5.74, 6) is 1.15. The Balaban J connectivity index is 1.21. The molecule has 2 saturated heterocycles. The average molecular weight is 492 g/mol. The molecule has 1 aliphatic carbocycles. The number of aromatic nitrogens is 2. The minimum Gasteiger partial charge on any atom is -0.368 e. The zero-order valence-electron chi connectivity index (χ0n) is 18.9. The summed E-state index contributed by atoms with van der Waals surface area (Å²) in [5.41, 5.74) is 5.34. The largest absolute Gasteiger partial charge is 0.368 e. The lowest BCUT2D eigenvalue weighted by atomic mass is 9.88. The summed E-state index contributed by atoms with van der Waals surface area (Å²) in [6.45, 7) is 5.41. The van der Waals surface area contributed by atoms with Crippen molar-refractivity contribution in [3.63, 3.8) is 0 Å². The predicted molar refractivity (Wildman–Crippen MR) is 136 cm³/mol.